The van der Waals surface area contributed by atoms with Gasteiger partial charge in [0.1, 0.15) is 0 Å². The second-order valence-electron chi connectivity index (χ2n) is 2.53. The summed E-state index contributed by atoms with van der Waals surface area (Å²) in [7, 11) is 0. The lowest BCUT2D eigenvalue weighted by molar-refractivity contribution is -0.131. The van der Waals surface area contributed by atoms with Crippen molar-refractivity contribution in [3.05, 3.63) is 11.6 Å². The number of amides is 1. The maximum Gasteiger partial charge on any atom is 0.328 e. The van der Waals surface area contributed by atoms with Crippen LogP contribution in [0.3, 0.4) is 0 Å². The summed E-state index contributed by atoms with van der Waals surface area (Å²) in [4.78, 5) is 20.8. The first-order chi connectivity index (χ1) is 5.59. The molecule has 1 aliphatic heterocycles. The number of nitrogens with two attached hydrogens (primary N) is 1. The number of ether oxygens (including phenoxy) is 1. The van der Waals surface area contributed by atoms with Crippen molar-refractivity contribution in [2.24, 2.45) is 5.73 Å². The summed E-state index contributed by atoms with van der Waals surface area (Å²) in [6.45, 7) is 0.574. The molecule has 5 nitrogen and oxygen atoms in total. The summed E-state index contributed by atoms with van der Waals surface area (Å²) < 4.78 is 4.83. The monoisotopic (exact) mass is 171 g/mol. The van der Waals surface area contributed by atoms with Gasteiger partial charge in [0.15, 0.2) is 0 Å². The summed E-state index contributed by atoms with van der Waals surface area (Å²) in [5.74, 6) is -1.86. The van der Waals surface area contributed by atoms with Crippen LogP contribution in [0, 0.1) is 0 Å². The van der Waals surface area contributed by atoms with Gasteiger partial charge in [-0.1, -0.05) is 0 Å². The summed E-state index contributed by atoms with van der Waals surface area (Å²) in [6.07, 6.45) is 1.09. The molecule has 0 aromatic heterocycles. The lowest BCUT2D eigenvalue weighted by Gasteiger charge is -1.97. The van der Waals surface area contributed by atoms with Gasteiger partial charge < -0.3 is 15.6 Å². The van der Waals surface area contributed by atoms with Crippen LogP contribution < -0.4 is 5.73 Å². The van der Waals surface area contributed by atoms with E-state index in [1.165, 1.54) is 0 Å². The Morgan fingerprint density at radius 2 is 2.25 bits per heavy atom. The van der Waals surface area contributed by atoms with Crippen molar-refractivity contribution < 1.29 is 19.4 Å². The van der Waals surface area contributed by atoms with Crippen LogP contribution in [0.2, 0.25) is 0 Å². The molecule has 1 atom stereocenters. The van der Waals surface area contributed by atoms with Gasteiger partial charge in [0.25, 0.3) is 0 Å². The Balaban J connectivity index is 2.58. The Labute approximate surface area is 68.8 Å². The van der Waals surface area contributed by atoms with E-state index in [0.29, 0.717) is 13.0 Å². The molecule has 1 unspecified atom stereocenters. The zero-order valence-electron chi connectivity index (χ0n) is 6.32. The standard InChI is InChI=1S/C7H9NO4/c8-7(11)4(2-6(9)10)1-5-3-12-5/h2,5H,1,3H2,(H2,8,11)(H,9,10)/b4-2-. The van der Waals surface area contributed by atoms with Gasteiger partial charge in [0, 0.05) is 18.1 Å². The number of carboxylic acid groups (broad SMARTS) is 1. The van der Waals surface area contributed by atoms with Crippen molar-refractivity contribution in [2.75, 3.05) is 6.61 Å². The maximum absolute atomic E-state index is 10.6. The van der Waals surface area contributed by atoms with E-state index in [0.717, 1.165) is 6.08 Å². The molecule has 1 aliphatic rings. The highest BCUT2D eigenvalue weighted by Gasteiger charge is 2.25. The van der Waals surface area contributed by atoms with Crippen molar-refractivity contribution in [3.8, 4) is 0 Å². The average Bonchev–Trinajstić information content (AvgIpc) is 2.68. The molecule has 0 radical (unpaired) electrons. The molecule has 1 fully saturated rings. The molecule has 0 aromatic rings. The smallest absolute Gasteiger partial charge is 0.328 e. The number of primary amides is 1. The Hall–Kier alpha value is -1.36. The van der Waals surface area contributed by atoms with Crippen LogP contribution in [0.15, 0.2) is 11.6 Å². The number of hydrogen-bond acceptors (Lipinski definition) is 3. The number of carboxylic acids is 1. The van der Waals surface area contributed by atoms with Gasteiger partial charge >= 0.3 is 5.97 Å². The van der Waals surface area contributed by atoms with E-state index in [-0.39, 0.29) is 11.7 Å². The molecule has 3 N–H and O–H groups in total. The topological polar surface area (TPSA) is 92.9 Å². The highest BCUT2D eigenvalue weighted by atomic mass is 16.6. The van der Waals surface area contributed by atoms with Gasteiger partial charge in [-0.05, 0) is 0 Å². The number of epoxide rings is 1. The third-order valence-electron chi connectivity index (χ3n) is 1.46. The number of hydrogen-bond donors (Lipinski definition) is 2. The molecule has 1 saturated heterocycles. The van der Waals surface area contributed by atoms with E-state index in [4.69, 9.17) is 15.6 Å². The Kier molecular flexibility index (Phi) is 2.44. The largest absolute Gasteiger partial charge is 0.478 e. The summed E-state index contributed by atoms with van der Waals surface area (Å²) in [5.41, 5.74) is 5.04. The molecule has 0 aliphatic carbocycles. The van der Waals surface area contributed by atoms with Crippen LogP contribution >= 0.6 is 0 Å². The number of rotatable bonds is 4. The van der Waals surface area contributed by atoms with Crippen LogP contribution in [0.5, 0.6) is 0 Å². The molecule has 0 saturated carbocycles. The third-order valence-corrected chi connectivity index (χ3v) is 1.46. The average molecular weight is 171 g/mol. The SMILES string of the molecule is NC(=O)/C(=C\C(=O)O)CC1CO1. The van der Waals surface area contributed by atoms with E-state index in [2.05, 4.69) is 0 Å². The summed E-state index contributed by atoms with van der Waals surface area (Å²) in [6, 6.07) is 0. The minimum atomic E-state index is -1.16. The zero-order valence-corrected chi connectivity index (χ0v) is 6.32. The van der Waals surface area contributed by atoms with Crippen LogP contribution in [0.25, 0.3) is 0 Å². The summed E-state index contributed by atoms with van der Waals surface area (Å²) >= 11 is 0. The molecule has 0 spiro atoms. The normalized spacial score (nSPS) is 22.0. The Bertz CT molecular complexity index is 242. The van der Waals surface area contributed by atoms with Crippen molar-refractivity contribution in [1.82, 2.24) is 0 Å². The minimum Gasteiger partial charge on any atom is -0.478 e. The molecular weight excluding hydrogens is 162 g/mol. The van der Waals surface area contributed by atoms with Gasteiger partial charge in [-0.3, -0.25) is 4.79 Å². The molecule has 0 aromatic carbocycles. The van der Waals surface area contributed by atoms with Crippen LogP contribution in [-0.2, 0) is 14.3 Å². The first-order valence-electron chi connectivity index (χ1n) is 3.44. The maximum atomic E-state index is 10.6. The lowest BCUT2D eigenvalue weighted by atomic mass is 10.1. The van der Waals surface area contributed by atoms with Crippen molar-refractivity contribution >= 4 is 11.9 Å². The zero-order chi connectivity index (χ0) is 9.14. The van der Waals surface area contributed by atoms with Crippen LogP contribution in [0.1, 0.15) is 6.42 Å². The van der Waals surface area contributed by atoms with E-state index in [1.54, 1.807) is 0 Å². The quantitative estimate of drug-likeness (QED) is 0.431. The van der Waals surface area contributed by atoms with Crippen molar-refractivity contribution in [1.29, 1.82) is 0 Å². The molecule has 1 heterocycles. The number of carbonyl (C=O) groups is 2. The van der Waals surface area contributed by atoms with E-state index in [1.807, 2.05) is 0 Å². The molecule has 5 heteroatoms. The molecule has 1 rings (SSSR count). The van der Waals surface area contributed by atoms with Gasteiger partial charge in [0.05, 0.1) is 12.7 Å². The highest BCUT2D eigenvalue weighted by molar-refractivity contribution is 5.98. The van der Waals surface area contributed by atoms with Crippen LogP contribution in [0.4, 0.5) is 0 Å². The Morgan fingerprint density at radius 3 is 2.58 bits per heavy atom. The van der Waals surface area contributed by atoms with Crippen molar-refractivity contribution in [2.45, 2.75) is 12.5 Å². The first kappa shape index (κ1) is 8.73. The van der Waals surface area contributed by atoms with Gasteiger partial charge in [-0.15, -0.1) is 0 Å². The number of aliphatic carboxylic acids is 1. The fourth-order valence-corrected chi connectivity index (χ4v) is 0.811. The van der Waals surface area contributed by atoms with Gasteiger partial charge in [-0.25, -0.2) is 4.79 Å². The second kappa shape index (κ2) is 3.36. The lowest BCUT2D eigenvalue weighted by Crippen LogP contribution is -2.16. The summed E-state index contributed by atoms with van der Waals surface area (Å²) in [5, 5.41) is 8.34. The van der Waals surface area contributed by atoms with Crippen LogP contribution in [-0.4, -0.2) is 29.7 Å². The third kappa shape index (κ3) is 2.71. The minimum absolute atomic E-state index is 0.0249. The molecule has 0 bridgehead atoms. The highest BCUT2D eigenvalue weighted by Crippen LogP contribution is 2.18. The van der Waals surface area contributed by atoms with Gasteiger partial charge in [-0.2, -0.15) is 0 Å². The first-order valence-corrected chi connectivity index (χ1v) is 3.44. The molecule has 66 valence electrons. The predicted octanol–water partition coefficient (Wildman–Crippen LogP) is -0.728. The molecule has 1 amide bonds. The molecule has 12 heavy (non-hydrogen) atoms. The predicted molar refractivity (Wildman–Crippen MR) is 39.3 cm³/mol. The van der Waals surface area contributed by atoms with E-state index < -0.39 is 11.9 Å². The van der Waals surface area contributed by atoms with E-state index in [9.17, 15) is 9.59 Å². The number of carbonyl (C=O) groups excluding carboxylic acids is 1. The molecular formula is C7H9NO4. The fraction of sp³-hybridized carbons (Fsp3) is 0.429. The van der Waals surface area contributed by atoms with Gasteiger partial charge in [0.2, 0.25) is 5.91 Å². The Morgan fingerprint density at radius 1 is 1.67 bits per heavy atom. The fourth-order valence-electron chi connectivity index (χ4n) is 0.811. The van der Waals surface area contributed by atoms with Crippen molar-refractivity contribution in [3.63, 3.8) is 0 Å². The second-order valence-corrected chi connectivity index (χ2v) is 2.53. The van der Waals surface area contributed by atoms with E-state index >= 15 is 0 Å².